The van der Waals surface area contributed by atoms with E-state index in [0.717, 1.165) is 6.42 Å². The summed E-state index contributed by atoms with van der Waals surface area (Å²) in [6, 6.07) is 5.69. The number of benzene rings is 1. The lowest BCUT2D eigenvalue weighted by molar-refractivity contribution is -0.122. The third kappa shape index (κ3) is 6.37. The second-order valence-electron chi connectivity index (χ2n) is 4.91. The molecule has 0 saturated carbocycles. The Hall–Kier alpha value is -2.57. The van der Waals surface area contributed by atoms with E-state index >= 15 is 0 Å². The van der Waals surface area contributed by atoms with Crippen molar-refractivity contribution in [3.63, 3.8) is 0 Å². The van der Waals surface area contributed by atoms with E-state index in [-0.39, 0.29) is 18.4 Å². The van der Waals surface area contributed by atoms with Gasteiger partial charge in [-0.3, -0.25) is 14.9 Å². The van der Waals surface area contributed by atoms with Gasteiger partial charge in [-0.25, -0.2) is 4.79 Å². The highest BCUT2D eigenvalue weighted by Gasteiger charge is 2.16. The van der Waals surface area contributed by atoms with Crippen molar-refractivity contribution in [3.8, 4) is 0 Å². The molecule has 0 heterocycles. The number of hydrogen-bond acceptors (Lipinski definition) is 4. The first-order valence-corrected chi connectivity index (χ1v) is 7.60. The van der Waals surface area contributed by atoms with Crippen LogP contribution < -0.4 is 16.0 Å². The van der Waals surface area contributed by atoms with E-state index < -0.39 is 12.1 Å². The molecule has 0 saturated heterocycles. The van der Waals surface area contributed by atoms with E-state index in [2.05, 4.69) is 16.0 Å². The lowest BCUT2D eigenvalue weighted by atomic mass is 10.2. The number of ether oxygens (including phenoxy) is 1. The van der Waals surface area contributed by atoms with Crippen molar-refractivity contribution in [3.05, 3.63) is 29.8 Å². The van der Waals surface area contributed by atoms with Gasteiger partial charge in [0, 0.05) is 17.8 Å². The van der Waals surface area contributed by atoms with Gasteiger partial charge < -0.3 is 15.4 Å². The van der Waals surface area contributed by atoms with Crippen LogP contribution in [0.15, 0.2) is 24.3 Å². The molecule has 0 aliphatic heterocycles. The first-order valence-electron chi connectivity index (χ1n) is 7.60. The predicted molar refractivity (Wildman–Crippen MR) is 87.3 cm³/mol. The van der Waals surface area contributed by atoms with Gasteiger partial charge in [0.25, 0.3) is 5.91 Å². The van der Waals surface area contributed by atoms with Gasteiger partial charge in [0.05, 0.1) is 6.61 Å². The molecule has 3 N–H and O–H groups in total. The molecule has 126 valence electrons. The summed E-state index contributed by atoms with van der Waals surface area (Å²) in [5.41, 5.74) is 0.920. The summed E-state index contributed by atoms with van der Waals surface area (Å²) in [7, 11) is 0. The number of nitrogens with one attached hydrogen (secondary N) is 3. The van der Waals surface area contributed by atoms with Crippen LogP contribution in [0.3, 0.4) is 0 Å². The van der Waals surface area contributed by atoms with Gasteiger partial charge >= 0.3 is 6.09 Å². The third-order valence-electron chi connectivity index (χ3n) is 2.96. The molecule has 1 rings (SSSR count). The van der Waals surface area contributed by atoms with E-state index in [4.69, 9.17) is 4.74 Å². The van der Waals surface area contributed by atoms with Crippen molar-refractivity contribution in [2.75, 3.05) is 18.5 Å². The first kappa shape index (κ1) is 18.5. The quantitative estimate of drug-likeness (QED) is 0.714. The Morgan fingerprint density at radius 3 is 2.35 bits per heavy atom. The standard InChI is InChI=1S/C16H23N3O4/c1-4-10-17-14(20)11(3)18-15(21)12-6-8-13(9-7-12)19-16(22)23-5-2/h6-9,11H,4-5,10H2,1-3H3,(H,17,20)(H,18,21)(H,19,22)/t11-/m1/s1. The second kappa shape index (κ2) is 9.45. The zero-order valence-corrected chi connectivity index (χ0v) is 13.6. The molecule has 0 aliphatic rings. The zero-order chi connectivity index (χ0) is 17.2. The monoisotopic (exact) mass is 321 g/mol. The molecule has 0 aromatic heterocycles. The van der Waals surface area contributed by atoms with Crippen molar-refractivity contribution in [1.29, 1.82) is 0 Å². The van der Waals surface area contributed by atoms with Gasteiger partial charge in [-0.05, 0) is 44.5 Å². The van der Waals surface area contributed by atoms with Crippen molar-refractivity contribution in [1.82, 2.24) is 10.6 Å². The maximum atomic E-state index is 12.1. The molecule has 0 fully saturated rings. The number of amides is 3. The van der Waals surface area contributed by atoms with E-state index in [9.17, 15) is 14.4 Å². The summed E-state index contributed by atoms with van der Waals surface area (Å²) in [6.07, 6.45) is 0.285. The van der Waals surface area contributed by atoms with Gasteiger partial charge in [0.1, 0.15) is 6.04 Å². The van der Waals surface area contributed by atoms with Crippen LogP contribution in [0.25, 0.3) is 0 Å². The van der Waals surface area contributed by atoms with Crippen LogP contribution >= 0.6 is 0 Å². The molecule has 0 spiro atoms. The highest BCUT2D eigenvalue weighted by molar-refractivity contribution is 5.98. The normalized spacial score (nSPS) is 11.3. The lowest BCUT2D eigenvalue weighted by Gasteiger charge is -2.14. The van der Waals surface area contributed by atoms with E-state index in [0.29, 0.717) is 17.8 Å². The molecule has 3 amide bonds. The van der Waals surface area contributed by atoms with Crippen LogP contribution in [-0.2, 0) is 9.53 Å². The molecule has 0 unspecified atom stereocenters. The SMILES string of the molecule is CCCNC(=O)[C@@H](C)NC(=O)c1ccc(NC(=O)OCC)cc1. The number of anilines is 1. The summed E-state index contributed by atoms with van der Waals surface area (Å²) >= 11 is 0. The van der Waals surface area contributed by atoms with Crippen molar-refractivity contribution in [2.45, 2.75) is 33.2 Å². The fraction of sp³-hybridized carbons (Fsp3) is 0.438. The van der Waals surface area contributed by atoms with Crippen molar-refractivity contribution < 1.29 is 19.1 Å². The smallest absolute Gasteiger partial charge is 0.411 e. The fourth-order valence-electron chi connectivity index (χ4n) is 1.74. The van der Waals surface area contributed by atoms with E-state index in [1.165, 1.54) is 0 Å². The largest absolute Gasteiger partial charge is 0.450 e. The highest BCUT2D eigenvalue weighted by Crippen LogP contribution is 2.10. The summed E-state index contributed by atoms with van der Waals surface area (Å²) in [6.45, 7) is 6.15. The average molecular weight is 321 g/mol. The first-order chi connectivity index (χ1) is 11.0. The molecule has 1 aromatic carbocycles. The minimum atomic E-state index is -0.619. The Labute approximate surface area is 135 Å². The van der Waals surface area contributed by atoms with Crippen molar-refractivity contribution in [2.24, 2.45) is 0 Å². The summed E-state index contributed by atoms with van der Waals surface area (Å²) in [5, 5.41) is 7.87. The van der Waals surface area contributed by atoms with Crippen molar-refractivity contribution >= 4 is 23.6 Å². The summed E-state index contributed by atoms with van der Waals surface area (Å²) in [4.78, 5) is 35.1. The molecule has 1 atom stereocenters. The molecule has 7 nitrogen and oxygen atoms in total. The Balaban J connectivity index is 2.56. The van der Waals surface area contributed by atoms with Gasteiger partial charge in [-0.2, -0.15) is 0 Å². The third-order valence-corrected chi connectivity index (χ3v) is 2.96. The minimum absolute atomic E-state index is 0.221. The molecule has 0 bridgehead atoms. The van der Waals surface area contributed by atoms with Gasteiger partial charge in [0.2, 0.25) is 5.91 Å². The Bertz CT molecular complexity index is 543. The zero-order valence-electron chi connectivity index (χ0n) is 13.6. The number of rotatable bonds is 7. The molecule has 23 heavy (non-hydrogen) atoms. The van der Waals surface area contributed by atoms with E-state index in [1.807, 2.05) is 6.92 Å². The van der Waals surface area contributed by atoms with Crippen LogP contribution in [0.5, 0.6) is 0 Å². The van der Waals surface area contributed by atoms with E-state index in [1.54, 1.807) is 38.1 Å². The molecule has 0 radical (unpaired) electrons. The average Bonchev–Trinajstić information content (AvgIpc) is 2.53. The topological polar surface area (TPSA) is 96.5 Å². The molecule has 0 aliphatic carbocycles. The van der Waals surface area contributed by atoms with Crippen LogP contribution in [0, 0.1) is 0 Å². The maximum absolute atomic E-state index is 12.1. The van der Waals surface area contributed by atoms with Crippen LogP contribution in [0.1, 0.15) is 37.6 Å². The summed E-state index contributed by atoms with van der Waals surface area (Å²) < 4.78 is 4.76. The summed E-state index contributed by atoms with van der Waals surface area (Å²) in [5.74, 6) is -0.576. The number of carbonyl (C=O) groups excluding carboxylic acids is 3. The fourth-order valence-corrected chi connectivity index (χ4v) is 1.74. The highest BCUT2D eigenvalue weighted by atomic mass is 16.5. The Morgan fingerprint density at radius 2 is 1.78 bits per heavy atom. The van der Waals surface area contributed by atoms with Gasteiger partial charge in [-0.15, -0.1) is 0 Å². The van der Waals surface area contributed by atoms with Gasteiger partial charge in [0.15, 0.2) is 0 Å². The number of hydrogen-bond donors (Lipinski definition) is 3. The molecule has 1 aromatic rings. The number of carbonyl (C=O) groups is 3. The Morgan fingerprint density at radius 1 is 1.13 bits per heavy atom. The van der Waals surface area contributed by atoms with Crippen LogP contribution in [-0.4, -0.2) is 37.1 Å². The van der Waals surface area contributed by atoms with Gasteiger partial charge in [-0.1, -0.05) is 6.92 Å². The van der Waals surface area contributed by atoms with Crippen LogP contribution in [0.4, 0.5) is 10.5 Å². The molecular formula is C16H23N3O4. The lowest BCUT2D eigenvalue weighted by Crippen LogP contribution is -2.44. The molecular weight excluding hydrogens is 298 g/mol. The maximum Gasteiger partial charge on any atom is 0.411 e. The Kier molecular flexibility index (Phi) is 7.59. The predicted octanol–water partition coefficient (Wildman–Crippen LogP) is 1.90. The minimum Gasteiger partial charge on any atom is -0.450 e. The van der Waals surface area contributed by atoms with Crippen LogP contribution in [0.2, 0.25) is 0 Å². The molecule has 7 heteroatoms. The second-order valence-corrected chi connectivity index (χ2v) is 4.91.